The Kier molecular flexibility index (Phi) is 13.4. The van der Waals surface area contributed by atoms with Crippen LogP contribution in [0.4, 0.5) is 0 Å². The number of benzene rings is 1. The van der Waals surface area contributed by atoms with E-state index in [-0.39, 0.29) is 35.9 Å². The van der Waals surface area contributed by atoms with Crippen LogP contribution in [0.15, 0.2) is 39.8 Å². The molecule has 7 nitrogen and oxygen atoms in total. The summed E-state index contributed by atoms with van der Waals surface area (Å²) in [5.41, 5.74) is 1.30. The van der Waals surface area contributed by atoms with Crippen molar-refractivity contribution in [3.8, 4) is 0 Å². The molecule has 0 aliphatic carbocycles. The maximum Gasteiger partial charge on any atom is 0.226 e. The van der Waals surface area contributed by atoms with Gasteiger partial charge in [0.25, 0.3) is 0 Å². The number of likely N-dealkylation sites (N-methyl/N-ethyl adjacent to an activating group) is 1. The number of aryl methyl sites for hydroxylation is 1. The molecule has 1 heterocycles. The minimum absolute atomic E-state index is 0. The van der Waals surface area contributed by atoms with Gasteiger partial charge in [0.1, 0.15) is 0 Å². The highest BCUT2D eigenvalue weighted by Gasteiger charge is 2.17. The molecule has 0 aliphatic rings. The van der Waals surface area contributed by atoms with E-state index in [0.29, 0.717) is 12.4 Å². The monoisotopic (exact) mass is 542 g/mol. The molecular formula is C23H39IN6O. The Morgan fingerprint density at radius 1 is 1.10 bits per heavy atom. The normalized spacial score (nSPS) is 12.7. The second kappa shape index (κ2) is 15.2. The quantitative estimate of drug-likeness (QED) is 0.179. The van der Waals surface area contributed by atoms with Crippen molar-refractivity contribution in [2.75, 3.05) is 32.7 Å². The Morgan fingerprint density at radius 3 is 2.39 bits per heavy atom. The van der Waals surface area contributed by atoms with Crippen molar-refractivity contribution in [1.82, 2.24) is 25.7 Å². The molecule has 174 valence electrons. The van der Waals surface area contributed by atoms with E-state index in [1.54, 1.807) is 0 Å². The fourth-order valence-corrected chi connectivity index (χ4v) is 3.34. The number of aromatic nitrogens is 2. The van der Waals surface area contributed by atoms with Crippen molar-refractivity contribution in [2.45, 2.75) is 59.4 Å². The maximum atomic E-state index is 5.32. The molecule has 2 rings (SSSR count). The molecule has 0 fully saturated rings. The highest BCUT2D eigenvalue weighted by Crippen LogP contribution is 2.20. The number of aliphatic imine (C=N–C) groups is 1. The third-order valence-electron chi connectivity index (χ3n) is 5.06. The summed E-state index contributed by atoms with van der Waals surface area (Å²) >= 11 is 0. The van der Waals surface area contributed by atoms with Crippen LogP contribution in [0.5, 0.6) is 0 Å². The zero-order chi connectivity index (χ0) is 21.8. The van der Waals surface area contributed by atoms with Crippen LogP contribution in [0.2, 0.25) is 0 Å². The van der Waals surface area contributed by atoms with Gasteiger partial charge in [-0.3, -0.25) is 9.89 Å². The summed E-state index contributed by atoms with van der Waals surface area (Å²) in [5, 5.41) is 10.8. The fraction of sp³-hybridized carbons (Fsp3) is 0.609. The van der Waals surface area contributed by atoms with E-state index in [2.05, 4.69) is 90.6 Å². The number of guanidine groups is 1. The van der Waals surface area contributed by atoms with E-state index < -0.39 is 0 Å². The lowest BCUT2D eigenvalue weighted by atomic mass is 10.1. The van der Waals surface area contributed by atoms with E-state index in [0.717, 1.165) is 50.8 Å². The maximum absolute atomic E-state index is 5.32. The molecule has 0 bridgehead atoms. The first-order chi connectivity index (χ1) is 14.6. The second-order valence-electron chi connectivity index (χ2n) is 7.60. The van der Waals surface area contributed by atoms with Gasteiger partial charge in [0.05, 0.1) is 12.6 Å². The number of nitrogens with zero attached hydrogens (tertiary/aromatic N) is 4. The molecule has 1 aromatic heterocycles. The average Bonchev–Trinajstić information content (AvgIpc) is 3.24. The van der Waals surface area contributed by atoms with E-state index >= 15 is 0 Å². The molecule has 2 aromatic rings. The number of hydrogen-bond acceptors (Lipinski definition) is 5. The molecule has 1 atom stereocenters. The van der Waals surface area contributed by atoms with Crippen LogP contribution < -0.4 is 10.6 Å². The Balaban J connectivity index is 0.00000480. The van der Waals surface area contributed by atoms with Crippen molar-refractivity contribution >= 4 is 29.9 Å². The van der Waals surface area contributed by atoms with Crippen LogP contribution in [-0.2, 0) is 6.42 Å². The van der Waals surface area contributed by atoms with Crippen molar-refractivity contribution in [2.24, 2.45) is 4.99 Å². The minimum Gasteiger partial charge on any atom is -0.357 e. The number of nitrogens with one attached hydrogen (secondary N) is 2. The molecule has 1 aromatic carbocycles. The molecule has 2 N–H and O–H groups in total. The van der Waals surface area contributed by atoms with Gasteiger partial charge in [0.15, 0.2) is 11.8 Å². The van der Waals surface area contributed by atoms with Crippen LogP contribution >= 0.6 is 24.0 Å². The molecule has 0 aliphatic heterocycles. The Morgan fingerprint density at radius 2 is 1.81 bits per heavy atom. The zero-order valence-corrected chi connectivity index (χ0v) is 21.9. The van der Waals surface area contributed by atoms with Crippen molar-refractivity contribution < 1.29 is 4.52 Å². The largest absolute Gasteiger partial charge is 0.357 e. The van der Waals surface area contributed by atoms with Gasteiger partial charge in [-0.05, 0) is 32.0 Å². The first-order valence-corrected chi connectivity index (χ1v) is 11.2. The standard InChI is InChI=1S/C23H38N6O.HI/c1-6-24-23(25-16-12-15-21-27-22(18(4)5)28-30-21)26-17-20(29(7-2)8-3)19-13-10-9-11-14-19;/h9-11,13-14,18,20H,6-8,12,15-17H2,1-5H3,(H2,24,25,26);1H. The number of rotatable bonds is 12. The van der Waals surface area contributed by atoms with Gasteiger partial charge >= 0.3 is 0 Å². The summed E-state index contributed by atoms with van der Waals surface area (Å²) in [6.45, 7) is 15.0. The summed E-state index contributed by atoms with van der Waals surface area (Å²) in [4.78, 5) is 11.8. The van der Waals surface area contributed by atoms with Crippen LogP contribution in [0.25, 0.3) is 0 Å². The molecule has 0 saturated heterocycles. The van der Waals surface area contributed by atoms with Gasteiger partial charge in [-0.2, -0.15) is 4.98 Å². The smallest absolute Gasteiger partial charge is 0.226 e. The van der Waals surface area contributed by atoms with E-state index in [1.165, 1.54) is 5.56 Å². The summed E-state index contributed by atoms with van der Waals surface area (Å²) < 4.78 is 5.32. The van der Waals surface area contributed by atoms with E-state index in [9.17, 15) is 0 Å². The van der Waals surface area contributed by atoms with Crippen LogP contribution in [-0.4, -0.2) is 53.7 Å². The third kappa shape index (κ3) is 9.14. The lowest BCUT2D eigenvalue weighted by molar-refractivity contribution is 0.224. The van der Waals surface area contributed by atoms with E-state index in [1.807, 2.05) is 0 Å². The second-order valence-corrected chi connectivity index (χ2v) is 7.60. The molecular weight excluding hydrogens is 503 g/mol. The summed E-state index contributed by atoms with van der Waals surface area (Å²) in [7, 11) is 0. The first kappa shape index (κ1) is 27.4. The van der Waals surface area contributed by atoms with Gasteiger partial charge in [-0.25, -0.2) is 0 Å². The van der Waals surface area contributed by atoms with Crippen molar-refractivity contribution in [3.63, 3.8) is 0 Å². The highest BCUT2D eigenvalue weighted by molar-refractivity contribution is 14.0. The number of hydrogen-bond donors (Lipinski definition) is 2. The summed E-state index contributed by atoms with van der Waals surface area (Å²) in [5.74, 6) is 2.61. The zero-order valence-electron chi connectivity index (χ0n) is 19.6. The molecule has 0 saturated carbocycles. The van der Waals surface area contributed by atoms with Gasteiger partial charge < -0.3 is 15.2 Å². The SMILES string of the molecule is CCNC(=NCC(c1ccccc1)N(CC)CC)NCCCc1nc(C(C)C)no1.I. The molecule has 0 radical (unpaired) electrons. The van der Waals surface area contributed by atoms with Crippen molar-refractivity contribution in [1.29, 1.82) is 0 Å². The third-order valence-corrected chi connectivity index (χ3v) is 5.06. The Bertz CT molecular complexity index is 746. The predicted octanol–water partition coefficient (Wildman–Crippen LogP) is 4.38. The topological polar surface area (TPSA) is 78.6 Å². The predicted molar refractivity (Wildman–Crippen MR) is 138 cm³/mol. The average molecular weight is 543 g/mol. The highest BCUT2D eigenvalue weighted by atomic mass is 127. The molecule has 8 heteroatoms. The fourth-order valence-electron chi connectivity index (χ4n) is 3.34. The summed E-state index contributed by atoms with van der Waals surface area (Å²) in [6, 6.07) is 10.9. The molecule has 31 heavy (non-hydrogen) atoms. The summed E-state index contributed by atoms with van der Waals surface area (Å²) in [6.07, 6.45) is 1.67. The van der Waals surface area contributed by atoms with Gasteiger partial charge in [-0.15, -0.1) is 24.0 Å². The molecule has 0 spiro atoms. The van der Waals surface area contributed by atoms with Crippen LogP contribution in [0.1, 0.15) is 70.3 Å². The number of halogens is 1. The van der Waals surface area contributed by atoms with Gasteiger partial charge in [-0.1, -0.05) is 63.2 Å². The Hall–Kier alpha value is -1.68. The molecule has 1 unspecified atom stereocenters. The molecule has 0 amide bonds. The lowest BCUT2D eigenvalue weighted by Gasteiger charge is -2.29. The van der Waals surface area contributed by atoms with Gasteiger partial charge in [0, 0.05) is 25.4 Å². The van der Waals surface area contributed by atoms with Crippen LogP contribution in [0.3, 0.4) is 0 Å². The minimum atomic E-state index is 0. The lowest BCUT2D eigenvalue weighted by Crippen LogP contribution is -2.39. The van der Waals surface area contributed by atoms with Gasteiger partial charge in [0.2, 0.25) is 5.89 Å². The first-order valence-electron chi connectivity index (χ1n) is 11.2. The van der Waals surface area contributed by atoms with Crippen molar-refractivity contribution in [3.05, 3.63) is 47.6 Å². The Labute approximate surface area is 204 Å². The van der Waals surface area contributed by atoms with E-state index in [4.69, 9.17) is 9.52 Å². The van der Waals surface area contributed by atoms with Crippen LogP contribution in [0, 0.1) is 0 Å².